The molecule has 0 bridgehead atoms. The minimum atomic E-state index is 0.223. The summed E-state index contributed by atoms with van der Waals surface area (Å²) in [7, 11) is 0. The highest BCUT2D eigenvalue weighted by atomic mass is 16.3. The second-order valence-corrected chi connectivity index (χ2v) is 3.39. The first kappa shape index (κ1) is 9.71. The van der Waals surface area contributed by atoms with Gasteiger partial charge in [-0.1, -0.05) is 13.0 Å². The monoisotopic (exact) mass is 203 g/mol. The molecular formula is C11H13N3O. The standard InChI is InChI=1S/C11H13N3O/c1-3-11-8(2)12-14(13-11)9-5-4-6-10(15)7-9/h4-7,15H,3H2,1-2H3. The molecule has 15 heavy (non-hydrogen) atoms. The lowest BCUT2D eigenvalue weighted by Crippen LogP contribution is -1.98. The van der Waals surface area contributed by atoms with E-state index in [4.69, 9.17) is 0 Å². The quantitative estimate of drug-likeness (QED) is 0.810. The highest BCUT2D eigenvalue weighted by Gasteiger charge is 2.06. The van der Waals surface area contributed by atoms with Gasteiger partial charge in [-0.2, -0.15) is 15.0 Å². The Labute approximate surface area is 88.2 Å². The second kappa shape index (κ2) is 3.73. The van der Waals surface area contributed by atoms with Gasteiger partial charge in [-0.05, 0) is 25.5 Å². The number of aromatic hydroxyl groups is 1. The molecule has 0 saturated heterocycles. The molecule has 0 unspecified atom stereocenters. The molecule has 0 aliphatic rings. The van der Waals surface area contributed by atoms with Crippen molar-refractivity contribution >= 4 is 0 Å². The van der Waals surface area contributed by atoms with Crippen LogP contribution in [0.3, 0.4) is 0 Å². The van der Waals surface area contributed by atoms with Gasteiger partial charge in [0.25, 0.3) is 0 Å². The number of phenolic OH excluding ortho intramolecular Hbond substituents is 1. The van der Waals surface area contributed by atoms with Crippen LogP contribution in [0.15, 0.2) is 24.3 Å². The van der Waals surface area contributed by atoms with Gasteiger partial charge in [0.1, 0.15) is 5.75 Å². The van der Waals surface area contributed by atoms with E-state index >= 15 is 0 Å². The Morgan fingerprint density at radius 3 is 2.73 bits per heavy atom. The van der Waals surface area contributed by atoms with E-state index in [9.17, 15) is 5.11 Å². The molecule has 2 rings (SSSR count). The summed E-state index contributed by atoms with van der Waals surface area (Å²) >= 11 is 0. The third-order valence-corrected chi connectivity index (χ3v) is 2.27. The Morgan fingerprint density at radius 1 is 1.33 bits per heavy atom. The summed E-state index contributed by atoms with van der Waals surface area (Å²) in [5, 5.41) is 18.0. The van der Waals surface area contributed by atoms with Gasteiger partial charge in [0.05, 0.1) is 17.1 Å². The summed E-state index contributed by atoms with van der Waals surface area (Å²) < 4.78 is 0. The van der Waals surface area contributed by atoms with Crippen molar-refractivity contribution in [3.05, 3.63) is 35.7 Å². The van der Waals surface area contributed by atoms with Crippen LogP contribution in [-0.4, -0.2) is 20.1 Å². The van der Waals surface area contributed by atoms with Crippen LogP contribution in [0.2, 0.25) is 0 Å². The first-order valence-corrected chi connectivity index (χ1v) is 4.93. The first-order valence-electron chi connectivity index (χ1n) is 4.93. The zero-order valence-corrected chi connectivity index (χ0v) is 8.81. The van der Waals surface area contributed by atoms with Crippen LogP contribution in [0.25, 0.3) is 5.69 Å². The maximum Gasteiger partial charge on any atom is 0.117 e. The van der Waals surface area contributed by atoms with Crippen LogP contribution in [0, 0.1) is 6.92 Å². The fourth-order valence-electron chi connectivity index (χ4n) is 1.47. The third kappa shape index (κ3) is 1.83. The van der Waals surface area contributed by atoms with Gasteiger partial charge in [-0.25, -0.2) is 0 Å². The van der Waals surface area contributed by atoms with E-state index in [0.29, 0.717) is 0 Å². The summed E-state index contributed by atoms with van der Waals surface area (Å²) in [6.45, 7) is 3.98. The smallest absolute Gasteiger partial charge is 0.117 e. The number of hydrogen-bond acceptors (Lipinski definition) is 3. The van der Waals surface area contributed by atoms with Gasteiger partial charge in [0.15, 0.2) is 0 Å². The molecule has 0 atom stereocenters. The van der Waals surface area contributed by atoms with E-state index in [-0.39, 0.29) is 5.75 Å². The molecule has 0 fully saturated rings. The maximum absolute atomic E-state index is 9.34. The van der Waals surface area contributed by atoms with Gasteiger partial charge < -0.3 is 5.11 Å². The molecule has 0 amide bonds. The van der Waals surface area contributed by atoms with E-state index in [1.807, 2.05) is 19.9 Å². The van der Waals surface area contributed by atoms with Crippen molar-refractivity contribution < 1.29 is 5.11 Å². The van der Waals surface area contributed by atoms with Crippen molar-refractivity contribution in [2.75, 3.05) is 0 Å². The van der Waals surface area contributed by atoms with Gasteiger partial charge >= 0.3 is 0 Å². The maximum atomic E-state index is 9.34. The van der Waals surface area contributed by atoms with Crippen molar-refractivity contribution in [2.45, 2.75) is 20.3 Å². The zero-order valence-electron chi connectivity index (χ0n) is 8.81. The van der Waals surface area contributed by atoms with E-state index in [0.717, 1.165) is 23.5 Å². The average Bonchev–Trinajstić information content (AvgIpc) is 2.60. The van der Waals surface area contributed by atoms with Crippen molar-refractivity contribution in [2.24, 2.45) is 0 Å². The molecule has 4 heteroatoms. The van der Waals surface area contributed by atoms with E-state index < -0.39 is 0 Å². The van der Waals surface area contributed by atoms with Gasteiger partial charge in [-0.15, -0.1) is 0 Å². The second-order valence-electron chi connectivity index (χ2n) is 3.39. The highest BCUT2D eigenvalue weighted by molar-refractivity contribution is 5.37. The average molecular weight is 203 g/mol. The molecule has 2 aromatic rings. The van der Waals surface area contributed by atoms with Crippen LogP contribution in [0.1, 0.15) is 18.3 Å². The van der Waals surface area contributed by atoms with Crippen molar-refractivity contribution in [1.29, 1.82) is 0 Å². The van der Waals surface area contributed by atoms with Crippen LogP contribution in [-0.2, 0) is 6.42 Å². The Balaban J connectivity index is 2.45. The van der Waals surface area contributed by atoms with E-state index in [1.165, 1.54) is 0 Å². The minimum Gasteiger partial charge on any atom is -0.508 e. The summed E-state index contributed by atoms with van der Waals surface area (Å²) in [5.41, 5.74) is 2.69. The van der Waals surface area contributed by atoms with E-state index in [2.05, 4.69) is 10.2 Å². The topological polar surface area (TPSA) is 50.9 Å². The van der Waals surface area contributed by atoms with Crippen molar-refractivity contribution in [3.8, 4) is 11.4 Å². The largest absolute Gasteiger partial charge is 0.508 e. The lowest BCUT2D eigenvalue weighted by Gasteiger charge is -1.99. The molecule has 4 nitrogen and oxygen atoms in total. The summed E-state index contributed by atoms with van der Waals surface area (Å²) in [5.74, 6) is 0.223. The molecule has 1 N–H and O–H groups in total. The first-order chi connectivity index (χ1) is 7.20. The molecule has 0 aliphatic heterocycles. The van der Waals surface area contributed by atoms with Crippen LogP contribution >= 0.6 is 0 Å². The number of rotatable bonds is 2. The summed E-state index contributed by atoms with van der Waals surface area (Å²) in [6.07, 6.45) is 0.866. The van der Waals surface area contributed by atoms with Crippen LogP contribution in [0.5, 0.6) is 5.75 Å². The van der Waals surface area contributed by atoms with Crippen LogP contribution in [0.4, 0.5) is 0 Å². The minimum absolute atomic E-state index is 0.223. The number of hydrogen-bond donors (Lipinski definition) is 1. The lowest BCUT2D eigenvalue weighted by molar-refractivity contribution is 0.474. The molecule has 1 aromatic carbocycles. The van der Waals surface area contributed by atoms with Crippen LogP contribution < -0.4 is 0 Å². The number of benzene rings is 1. The SMILES string of the molecule is CCc1nn(-c2cccc(O)c2)nc1C. The van der Waals surface area contributed by atoms with Gasteiger partial charge in [-0.3, -0.25) is 0 Å². The molecule has 0 saturated carbocycles. The highest BCUT2D eigenvalue weighted by Crippen LogP contribution is 2.14. The Kier molecular flexibility index (Phi) is 2.41. The fourth-order valence-corrected chi connectivity index (χ4v) is 1.47. The van der Waals surface area contributed by atoms with Gasteiger partial charge in [0, 0.05) is 6.07 Å². The van der Waals surface area contributed by atoms with Crippen molar-refractivity contribution in [3.63, 3.8) is 0 Å². The number of aromatic nitrogens is 3. The third-order valence-electron chi connectivity index (χ3n) is 2.27. The lowest BCUT2D eigenvalue weighted by atomic mass is 10.3. The summed E-state index contributed by atoms with van der Waals surface area (Å²) in [4.78, 5) is 1.55. The Hall–Kier alpha value is -1.84. The number of nitrogens with zero attached hydrogens (tertiary/aromatic N) is 3. The fraction of sp³-hybridized carbons (Fsp3) is 0.273. The molecule has 1 aromatic heterocycles. The van der Waals surface area contributed by atoms with Crippen molar-refractivity contribution in [1.82, 2.24) is 15.0 Å². The molecular weight excluding hydrogens is 190 g/mol. The normalized spacial score (nSPS) is 10.5. The predicted molar refractivity (Wildman–Crippen MR) is 57.1 cm³/mol. The molecule has 0 aliphatic carbocycles. The molecule has 78 valence electrons. The molecule has 0 radical (unpaired) electrons. The predicted octanol–water partition coefficient (Wildman–Crippen LogP) is 1.84. The Bertz CT molecular complexity index is 476. The Morgan fingerprint density at radius 2 is 2.13 bits per heavy atom. The summed E-state index contributed by atoms with van der Waals surface area (Å²) in [6, 6.07) is 6.90. The number of aryl methyl sites for hydroxylation is 2. The molecule has 1 heterocycles. The molecule has 0 spiro atoms. The van der Waals surface area contributed by atoms with E-state index in [1.54, 1.807) is 23.0 Å². The van der Waals surface area contributed by atoms with Gasteiger partial charge in [0.2, 0.25) is 0 Å². The zero-order chi connectivity index (χ0) is 10.8. The number of phenols is 1.